The third-order valence-electron chi connectivity index (χ3n) is 6.25. The molecule has 1 aliphatic rings. The summed E-state index contributed by atoms with van der Waals surface area (Å²) in [7, 11) is 6.20. The first-order valence-electron chi connectivity index (χ1n) is 11.3. The van der Waals surface area contributed by atoms with E-state index < -0.39 is 11.6 Å². The highest BCUT2D eigenvalue weighted by molar-refractivity contribution is 6.07. The van der Waals surface area contributed by atoms with E-state index >= 15 is 0 Å². The lowest BCUT2D eigenvalue weighted by molar-refractivity contribution is 0.0709. The van der Waals surface area contributed by atoms with Gasteiger partial charge in [-0.15, -0.1) is 0 Å². The van der Waals surface area contributed by atoms with Crippen LogP contribution in [0.3, 0.4) is 0 Å². The van der Waals surface area contributed by atoms with Crippen molar-refractivity contribution in [3.8, 4) is 11.3 Å². The Balaban J connectivity index is 1.66. The van der Waals surface area contributed by atoms with E-state index in [9.17, 15) is 13.6 Å². The van der Waals surface area contributed by atoms with Gasteiger partial charge in [-0.2, -0.15) is 0 Å². The SMILES string of the molecule is CN(C)CCN(C)CC1CCCN1C(=O)c1cc(-c2ccc(F)c(F)c2)nc2ccccc12. The Labute approximate surface area is 193 Å². The van der Waals surface area contributed by atoms with Crippen molar-refractivity contribution >= 4 is 16.8 Å². The number of halogens is 2. The quantitative estimate of drug-likeness (QED) is 0.537. The number of nitrogens with zero attached hydrogens (tertiary/aromatic N) is 4. The monoisotopic (exact) mass is 452 g/mol. The molecule has 3 aromatic rings. The Hall–Kier alpha value is -2.90. The van der Waals surface area contributed by atoms with Crippen molar-refractivity contribution in [1.82, 2.24) is 19.7 Å². The lowest BCUT2D eigenvalue weighted by Crippen LogP contribution is -2.43. The second kappa shape index (κ2) is 9.93. The summed E-state index contributed by atoms with van der Waals surface area (Å²) >= 11 is 0. The fraction of sp³-hybridized carbons (Fsp3) is 0.385. The molecule has 1 amide bonds. The van der Waals surface area contributed by atoms with Gasteiger partial charge in [0.1, 0.15) is 0 Å². The molecular weight excluding hydrogens is 422 g/mol. The molecule has 7 heteroatoms. The maximum absolute atomic E-state index is 13.9. The van der Waals surface area contributed by atoms with Crippen LogP contribution in [0, 0.1) is 11.6 Å². The Morgan fingerprint density at radius 2 is 1.85 bits per heavy atom. The average Bonchev–Trinajstić information content (AvgIpc) is 3.26. The number of fused-ring (bicyclic) bond motifs is 1. The van der Waals surface area contributed by atoms with Gasteiger partial charge in [0.15, 0.2) is 11.6 Å². The van der Waals surface area contributed by atoms with Gasteiger partial charge in [0.05, 0.1) is 16.8 Å². The highest BCUT2D eigenvalue weighted by Crippen LogP contribution is 2.29. The summed E-state index contributed by atoms with van der Waals surface area (Å²) in [4.78, 5) is 24.8. The minimum Gasteiger partial charge on any atom is -0.334 e. The normalized spacial score (nSPS) is 16.3. The molecule has 1 fully saturated rings. The third kappa shape index (κ3) is 5.20. The van der Waals surface area contributed by atoms with Gasteiger partial charge in [-0.05, 0) is 64.3 Å². The maximum Gasteiger partial charge on any atom is 0.254 e. The Morgan fingerprint density at radius 1 is 1.06 bits per heavy atom. The molecule has 1 atom stereocenters. The zero-order valence-corrected chi connectivity index (χ0v) is 19.4. The van der Waals surface area contributed by atoms with E-state index in [1.54, 1.807) is 6.07 Å². The second-order valence-corrected chi connectivity index (χ2v) is 9.06. The molecule has 1 saturated heterocycles. The number of likely N-dealkylation sites (tertiary alicyclic amines) is 1. The molecular formula is C26H30F2N4O. The van der Waals surface area contributed by atoms with Crippen molar-refractivity contribution < 1.29 is 13.6 Å². The standard InChI is InChI=1S/C26H30F2N4O/c1-30(2)13-14-31(3)17-19-7-6-12-32(19)26(33)21-16-25(18-10-11-22(27)23(28)15-18)29-24-9-5-4-8-20(21)24/h4-5,8-11,15-16,19H,6-7,12-14,17H2,1-3H3. The number of aromatic nitrogens is 1. The van der Waals surface area contributed by atoms with Gasteiger partial charge in [0.25, 0.3) is 5.91 Å². The minimum absolute atomic E-state index is 0.0408. The summed E-state index contributed by atoms with van der Waals surface area (Å²) < 4.78 is 27.3. The fourth-order valence-electron chi connectivity index (χ4n) is 4.43. The Bertz CT molecular complexity index is 1150. The lowest BCUT2D eigenvalue weighted by atomic mass is 10.0. The molecule has 174 valence electrons. The fourth-order valence-corrected chi connectivity index (χ4v) is 4.43. The van der Waals surface area contributed by atoms with Gasteiger partial charge in [-0.25, -0.2) is 13.8 Å². The number of para-hydroxylation sites is 1. The maximum atomic E-state index is 13.9. The molecule has 4 rings (SSSR count). The van der Waals surface area contributed by atoms with Crippen LogP contribution in [0.5, 0.6) is 0 Å². The van der Waals surface area contributed by atoms with Crippen molar-refractivity contribution in [3.63, 3.8) is 0 Å². The van der Waals surface area contributed by atoms with Gasteiger partial charge >= 0.3 is 0 Å². The van der Waals surface area contributed by atoms with Crippen LogP contribution in [0.25, 0.3) is 22.2 Å². The smallest absolute Gasteiger partial charge is 0.254 e. The molecule has 0 N–H and O–H groups in total. The van der Waals surface area contributed by atoms with Crippen LogP contribution in [0.15, 0.2) is 48.5 Å². The van der Waals surface area contributed by atoms with E-state index in [1.807, 2.05) is 29.2 Å². The van der Waals surface area contributed by atoms with Gasteiger partial charge in [0.2, 0.25) is 0 Å². The zero-order valence-electron chi connectivity index (χ0n) is 19.4. The first-order valence-corrected chi connectivity index (χ1v) is 11.3. The van der Waals surface area contributed by atoms with E-state index in [-0.39, 0.29) is 11.9 Å². The summed E-state index contributed by atoms with van der Waals surface area (Å²) in [6.45, 7) is 3.43. The molecule has 2 heterocycles. The van der Waals surface area contributed by atoms with Crippen molar-refractivity contribution in [2.24, 2.45) is 0 Å². The van der Waals surface area contributed by atoms with Gasteiger partial charge in [-0.1, -0.05) is 18.2 Å². The number of likely N-dealkylation sites (N-methyl/N-ethyl adjacent to an activating group) is 2. The molecule has 0 saturated carbocycles. The van der Waals surface area contributed by atoms with Crippen molar-refractivity contribution in [3.05, 3.63) is 65.7 Å². The number of amides is 1. The number of hydrogen-bond acceptors (Lipinski definition) is 4. The topological polar surface area (TPSA) is 39.7 Å². The summed E-state index contributed by atoms with van der Waals surface area (Å²) in [5.41, 5.74) is 2.09. The summed E-state index contributed by atoms with van der Waals surface area (Å²) in [6.07, 6.45) is 1.94. The van der Waals surface area contributed by atoms with Crippen molar-refractivity contribution in [1.29, 1.82) is 0 Å². The molecule has 33 heavy (non-hydrogen) atoms. The number of hydrogen-bond donors (Lipinski definition) is 0. The van der Waals surface area contributed by atoms with Crippen LogP contribution in [0.2, 0.25) is 0 Å². The third-order valence-corrected chi connectivity index (χ3v) is 6.25. The Kier molecular flexibility index (Phi) is 7.00. The molecule has 0 bridgehead atoms. The van der Waals surface area contributed by atoms with Gasteiger partial charge in [-0.3, -0.25) is 4.79 Å². The number of rotatable bonds is 7. The van der Waals surface area contributed by atoms with Gasteiger partial charge in [0, 0.05) is 43.2 Å². The average molecular weight is 453 g/mol. The number of carbonyl (C=O) groups is 1. The van der Waals surface area contributed by atoms with Crippen molar-refractivity contribution in [2.45, 2.75) is 18.9 Å². The van der Waals surface area contributed by atoms with Crippen LogP contribution in [0.1, 0.15) is 23.2 Å². The van der Waals surface area contributed by atoms with Crippen LogP contribution in [-0.4, -0.2) is 79.0 Å². The van der Waals surface area contributed by atoms with Crippen LogP contribution in [-0.2, 0) is 0 Å². The van der Waals surface area contributed by atoms with E-state index in [2.05, 4.69) is 35.9 Å². The van der Waals surface area contributed by atoms with E-state index in [0.717, 1.165) is 50.0 Å². The first-order chi connectivity index (χ1) is 15.8. The summed E-state index contributed by atoms with van der Waals surface area (Å²) in [5.74, 6) is -1.88. The van der Waals surface area contributed by atoms with E-state index in [4.69, 9.17) is 0 Å². The molecule has 1 unspecified atom stereocenters. The largest absolute Gasteiger partial charge is 0.334 e. The van der Waals surface area contributed by atoms with Gasteiger partial charge < -0.3 is 14.7 Å². The predicted octanol–water partition coefficient (Wildman–Crippen LogP) is 4.28. The molecule has 0 radical (unpaired) electrons. The summed E-state index contributed by atoms with van der Waals surface area (Å²) in [5, 5.41) is 0.764. The number of carbonyl (C=O) groups excluding carboxylic acids is 1. The molecule has 1 aromatic heterocycles. The predicted molar refractivity (Wildman–Crippen MR) is 127 cm³/mol. The van der Waals surface area contributed by atoms with Crippen molar-refractivity contribution in [2.75, 3.05) is 47.3 Å². The Morgan fingerprint density at radius 3 is 2.61 bits per heavy atom. The molecule has 2 aromatic carbocycles. The first kappa shape index (κ1) is 23.3. The second-order valence-electron chi connectivity index (χ2n) is 9.06. The van der Waals surface area contributed by atoms with E-state index in [0.29, 0.717) is 28.9 Å². The summed E-state index contributed by atoms with van der Waals surface area (Å²) in [6, 6.07) is 13.0. The molecule has 0 spiro atoms. The molecule has 1 aliphatic heterocycles. The highest BCUT2D eigenvalue weighted by atomic mass is 19.2. The highest BCUT2D eigenvalue weighted by Gasteiger charge is 2.31. The number of pyridine rings is 1. The molecule has 5 nitrogen and oxygen atoms in total. The molecule has 0 aliphatic carbocycles. The van der Waals surface area contributed by atoms with Crippen LogP contribution in [0.4, 0.5) is 8.78 Å². The van der Waals surface area contributed by atoms with Crippen LogP contribution < -0.4 is 0 Å². The minimum atomic E-state index is -0.935. The number of benzene rings is 2. The van der Waals surface area contributed by atoms with E-state index in [1.165, 1.54) is 6.07 Å². The lowest BCUT2D eigenvalue weighted by Gasteiger charge is -2.29. The van der Waals surface area contributed by atoms with Crippen LogP contribution >= 0.6 is 0 Å². The zero-order chi connectivity index (χ0) is 23.5.